The third kappa shape index (κ3) is 7.31. The Morgan fingerprint density at radius 3 is 2.09 bits per heavy atom. The van der Waals surface area contributed by atoms with E-state index in [-0.39, 0.29) is 24.4 Å². The third-order valence-corrected chi connectivity index (χ3v) is 6.68. The minimum Gasteiger partial charge on any atom is -0.474 e. The van der Waals surface area contributed by atoms with Gasteiger partial charge in [-0.05, 0) is 45.6 Å². The summed E-state index contributed by atoms with van der Waals surface area (Å²) in [4.78, 5) is 25.1. The maximum Gasteiger partial charge on any atom is 0.410 e. The van der Waals surface area contributed by atoms with E-state index in [1.54, 1.807) is 4.90 Å². The van der Waals surface area contributed by atoms with Crippen LogP contribution in [0.5, 0.6) is 11.8 Å². The highest BCUT2D eigenvalue weighted by atomic mass is 16.6. The summed E-state index contributed by atoms with van der Waals surface area (Å²) in [6, 6.07) is 10.6. The smallest absolute Gasteiger partial charge is 0.410 e. The molecule has 0 bridgehead atoms. The van der Waals surface area contributed by atoms with Gasteiger partial charge in [-0.2, -0.15) is 0 Å². The van der Waals surface area contributed by atoms with Crippen molar-refractivity contribution < 1.29 is 19.0 Å². The molecular weight excluding hydrogens is 444 g/mol. The molecule has 4 rings (SSSR count). The Morgan fingerprint density at radius 2 is 1.51 bits per heavy atom. The minimum atomic E-state index is -0.251. The summed E-state index contributed by atoms with van der Waals surface area (Å²) in [5.41, 5.74) is 2.22. The van der Waals surface area contributed by atoms with Gasteiger partial charge in [-0.1, -0.05) is 30.3 Å². The first-order valence-electron chi connectivity index (χ1n) is 12.8. The zero-order valence-corrected chi connectivity index (χ0v) is 21.2. The summed E-state index contributed by atoms with van der Waals surface area (Å²) >= 11 is 0. The summed E-state index contributed by atoms with van der Waals surface area (Å²) in [5.74, 6) is 1.18. The molecule has 2 aliphatic rings. The number of carbonyl (C=O) groups is 1. The highest BCUT2D eigenvalue weighted by Crippen LogP contribution is 2.28. The molecule has 2 saturated heterocycles. The van der Waals surface area contributed by atoms with Crippen LogP contribution in [0.4, 0.5) is 4.79 Å². The molecule has 1 amide bonds. The molecule has 8 heteroatoms. The number of aromatic nitrogens is 2. The number of benzene rings is 1. The summed E-state index contributed by atoms with van der Waals surface area (Å²) in [5, 5.41) is 0. The first-order valence-corrected chi connectivity index (χ1v) is 12.8. The molecule has 0 N–H and O–H groups in total. The molecule has 2 aromatic rings. The third-order valence-electron chi connectivity index (χ3n) is 6.68. The highest BCUT2D eigenvalue weighted by molar-refractivity contribution is 5.67. The molecular formula is C27H38N4O4. The van der Waals surface area contributed by atoms with E-state index in [9.17, 15) is 4.79 Å². The largest absolute Gasteiger partial charge is 0.474 e. The van der Waals surface area contributed by atoms with Crippen molar-refractivity contribution in [3.8, 4) is 11.8 Å². The fourth-order valence-electron chi connectivity index (χ4n) is 4.59. The van der Waals surface area contributed by atoms with Crippen molar-refractivity contribution in [3.63, 3.8) is 0 Å². The average molecular weight is 483 g/mol. The molecule has 0 unspecified atom stereocenters. The van der Waals surface area contributed by atoms with E-state index in [1.807, 2.05) is 20.8 Å². The van der Waals surface area contributed by atoms with E-state index < -0.39 is 0 Å². The Morgan fingerprint density at radius 1 is 0.943 bits per heavy atom. The summed E-state index contributed by atoms with van der Waals surface area (Å²) in [6.07, 6.45) is 5.85. The predicted molar refractivity (Wildman–Crippen MR) is 134 cm³/mol. The van der Waals surface area contributed by atoms with Gasteiger partial charge in [0.05, 0.1) is 11.7 Å². The number of hydrogen-bond acceptors (Lipinski definition) is 7. The van der Waals surface area contributed by atoms with Crippen LogP contribution < -0.4 is 9.47 Å². The molecule has 1 aromatic heterocycles. The van der Waals surface area contributed by atoms with E-state index in [2.05, 4.69) is 45.2 Å². The predicted octanol–water partition coefficient (Wildman–Crippen LogP) is 4.26. The van der Waals surface area contributed by atoms with Crippen molar-refractivity contribution >= 4 is 6.09 Å². The van der Waals surface area contributed by atoms with Crippen LogP contribution in [0.25, 0.3) is 0 Å². The van der Waals surface area contributed by atoms with Gasteiger partial charge in [0.15, 0.2) is 0 Å². The van der Waals surface area contributed by atoms with Crippen LogP contribution in [0.2, 0.25) is 0 Å². The number of amides is 1. The quantitative estimate of drug-likeness (QED) is 0.556. The van der Waals surface area contributed by atoms with Gasteiger partial charge in [-0.25, -0.2) is 14.8 Å². The molecule has 8 nitrogen and oxygen atoms in total. The van der Waals surface area contributed by atoms with Crippen molar-refractivity contribution in [3.05, 3.63) is 47.8 Å². The molecule has 0 atom stereocenters. The Balaban J connectivity index is 1.23. The van der Waals surface area contributed by atoms with Gasteiger partial charge >= 0.3 is 6.09 Å². The lowest BCUT2D eigenvalue weighted by molar-refractivity contribution is 0.0502. The Hall–Kier alpha value is -2.87. The Labute approximate surface area is 208 Å². The Kier molecular flexibility index (Phi) is 8.79. The number of likely N-dealkylation sites (tertiary alicyclic amines) is 2. The van der Waals surface area contributed by atoms with Gasteiger partial charge in [0, 0.05) is 45.6 Å². The first kappa shape index (κ1) is 25.2. The maximum atomic E-state index is 12.1. The lowest BCUT2D eigenvalue weighted by Gasteiger charge is -2.33. The van der Waals surface area contributed by atoms with Crippen LogP contribution in [0.15, 0.2) is 36.7 Å². The number of rotatable bonds is 8. The molecule has 35 heavy (non-hydrogen) atoms. The lowest BCUT2D eigenvalue weighted by Crippen LogP contribution is -2.42. The second-order valence-corrected chi connectivity index (χ2v) is 9.74. The maximum absolute atomic E-state index is 12.1. The summed E-state index contributed by atoms with van der Waals surface area (Å²) in [7, 11) is 0. The fourth-order valence-corrected chi connectivity index (χ4v) is 4.59. The number of ether oxygens (including phenoxy) is 3. The van der Waals surface area contributed by atoms with Crippen molar-refractivity contribution in [2.24, 2.45) is 0 Å². The van der Waals surface area contributed by atoms with E-state index in [4.69, 9.17) is 14.2 Å². The second-order valence-electron chi connectivity index (χ2n) is 9.74. The number of hydrogen-bond donors (Lipinski definition) is 0. The summed E-state index contributed by atoms with van der Waals surface area (Å²) in [6.45, 7) is 10.1. The van der Waals surface area contributed by atoms with Crippen molar-refractivity contribution in [2.45, 2.75) is 71.2 Å². The van der Waals surface area contributed by atoms with Crippen LogP contribution >= 0.6 is 0 Å². The Bertz CT molecular complexity index is 939. The van der Waals surface area contributed by atoms with Gasteiger partial charge in [-0.15, -0.1) is 0 Å². The first-order chi connectivity index (χ1) is 17.0. The average Bonchev–Trinajstić information content (AvgIpc) is 2.87. The van der Waals surface area contributed by atoms with Crippen LogP contribution in [0.1, 0.15) is 50.7 Å². The van der Waals surface area contributed by atoms with Crippen LogP contribution in [0.3, 0.4) is 0 Å². The van der Waals surface area contributed by atoms with Crippen LogP contribution in [0, 0.1) is 6.92 Å². The molecule has 0 saturated carbocycles. The van der Waals surface area contributed by atoms with E-state index in [1.165, 1.54) is 11.9 Å². The molecule has 190 valence electrons. The molecule has 2 aliphatic heterocycles. The molecule has 0 aliphatic carbocycles. The van der Waals surface area contributed by atoms with Crippen molar-refractivity contribution in [1.29, 1.82) is 0 Å². The lowest BCUT2D eigenvalue weighted by atomic mass is 10.1. The van der Waals surface area contributed by atoms with E-state index in [0.717, 1.165) is 57.3 Å². The van der Waals surface area contributed by atoms with E-state index >= 15 is 0 Å². The second kappa shape index (κ2) is 12.2. The molecule has 2 fully saturated rings. The molecule has 0 spiro atoms. The van der Waals surface area contributed by atoms with Crippen LogP contribution in [-0.2, 0) is 11.2 Å². The van der Waals surface area contributed by atoms with Gasteiger partial charge in [0.25, 0.3) is 0 Å². The van der Waals surface area contributed by atoms with Gasteiger partial charge in [-0.3, -0.25) is 0 Å². The van der Waals surface area contributed by atoms with Crippen molar-refractivity contribution in [1.82, 2.24) is 19.8 Å². The molecule has 3 heterocycles. The standard InChI is InChI=1S/C27H38N4O4/c1-20(2)33-27(32)31-17-12-24(13-18-31)35-26-21(3)25(28-19-29-26)34-23-10-15-30(16-11-23)14-9-22-7-5-4-6-8-22/h4-8,19-20,23-24H,9-18H2,1-3H3. The van der Waals surface area contributed by atoms with Gasteiger partial charge in [0.1, 0.15) is 18.5 Å². The number of piperidine rings is 2. The molecule has 1 aromatic carbocycles. The molecule has 0 radical (unpaired) electrons. The normalized spacial score (nSPS) is 18.0. The number of nitrogens with zero attached hydrogens (tertiary/aromatic N) is 4. The zero-order valence-electron chi connectivity index (χ0n) is 21.2. The van der Waals surface area contributed by atoms with Crippen LogP contribution in [-0.4, -0.2) is 76.9 Å². The van der Waals surface area contributed by atoms with Gasteiger partial charge < -0.3 is 24.0 Å². The van der Waals surface area contributed by atoms with Crippen molar-refractivity contribution in [2.75, 3.05) is 32.7 Å². The number of carbonyl (C=O) groups excluding carboxylic acids is 1. The highest BCUT2D eigenvalue weighted by Gasteiger charge is 2.27. The zero-order chi connectivity index (χ0) is 24.6. The monoisotopic (exact) mass is 482 g/mol. The topological polar surface area (TPSA) is 77.0 Å². The van der Waals surface area contributed by atoms with Gasteiger partial charge in [0.2, 0.25) is 11.8 Å². The minimum absolute atomic E-state index is 0.00685. The SMILES string of the molecule is Cc1c(OC2CCN(CCc3ccccc3)CC2)ncnc1OC1CCN(C(=O)OC(C)C)CC1. The van der Waals surface area contributed by atoms with E-state index in [0.29, 0.717) is 24.8 Å². The fraction of sp³-hybridized carbons (Fsp3) is 0.593. The summed E-state index contributed by atoms with van der Waals surface area (Å²) < 4.78 is 17.8.